The van der Waals surface area contributed by atoms with Gasteiger partial charge in [-0.2, -0.15) is 0 Å². The highest BCUT2D eigenvalue weighted by molar-refractivity contribution is 5.94. The molecule has 0 bridgehead atoms. The van der Waals surface area contributed by atoms with Crippen LogP contribution in [0.1, 0.15) is 5.56 Å². The molecule has 1 saturated heterocycles. The summed E-state index contributed by atoms with van der Waals surface area (Å²) in [6, 6.07) is 6.34. The highest BCUT2D eigenvalue weighted by Crippen LogP contribution is 2.19. The van der Waals surface area contributed by atoms with Crippen LogP contribution in [0.4, 0.5) is 0 Å². The van der Waals surface area contributed by atoms with E-state index in [0.29, 0.717) is 12.4 Å². The summed E-state index contributed by atoms with van der Waals surface area (Å²) >= 11 is 0. The molecule has 112 valence electrons. The number of methoxy groups -OCH3 is 1. The summed E-state index contributed by atoms with van der Waals surface area (Å²) in [5.41, 5.74) is 0.758. The highest BCUT2D eigenvalue weighted by atomic mass is 16.5. The van der Waals surface area contributed by atoms with Gasteiger partial charge < -0.3 is 19.5 Å². The van der Waals surface area contributed by atoms with Crippen LogP contribution in [0, 0.1) is 0 Å². The third-order valence-corrected chi connectivity index (χ3v) is 3.24. The summed E-state index contributed by atoms with van der Waals surface area (Å²) in [5.74, 6) is -0.761. The monoisotopic (exact) mass is 291 g/mol. The molecule has 1 unspecified atom stereocenters. The Morgan fingerprint density at radius 3 is 2.90 bits per heavy atom. The van der Waals surface area contributed by atoms with Crippen LogP contribution in [0.15, 0.2) is 30.3 Å². The van der Waals surface area contributed by atoms with Crippen molar-refractivity contribution in [2.45, 2.75) is 6.04 Å². The predicted octanol–water partition coefficient (Wildman–Crippen LogP) is 1.02. The number of morpholine rings is 1. The molecular formula is C15H17NO5. The summed E-state index contributed by atoms with van der Waals surface area (Å²) in [6.07, 6.45) is 2.98. The maximum absolute atomic E-state index is 12.2. The van der Waals surface area contributed by atoms with Crippen molar-refractivity contribution in [2.75, 3.05) is 26.9 Å². The zero-order chi connectivity index (χ0) is 15.2. The van der Waals surface area contributed by atoms with Gasteiger partial charge in [-0.05, 0) is 12.1 Å². The van der Waals surface area contributed by atoms with E-state index < -0.39 is 12.0 Å². The summed E-state index contributed by atoms with van der Waals surface area (Å²) in [7, 11) is 1.55. The van der Waals surface area contributed by atoms with E-state index in [4.69, 9.17) is 14.6 Å². The molecule has 0 radical (unpaired) electrons. The molecule has 1 amide bonds. The second-order valence-corrected chi connectivity index (χ2v) is 4.54. The van der Waals surface area contributed by atoms with E-state index in [1.54, 1.807) is 19.3 Å². The van der Waals surface area contributed by atoms with Gasteiger partial charge in [0.05, 0.1) is 20.3 Å². The maximum atomic E-state index is 12.2. The average molecular weight is 291 g/mol. The molecule has 1 aliphatic rings. The number of carbonyl (C=O) groups is 2. The molecule has 1 atom stereocenters. The van der Waals surface area contributed by atoms with Crippen molar-refractivity contribution in [3.63, 3.8) is 0 Å². The fourth-order valence-corrected chi connectivity index (χ4v) is 2.13. The molecule has 1 N–H and O–H groups in total. The number of ether oxygens (including phenoxy) is 2. The molecule has 1 fully saturated rings. The number of hydrogen-bond donors (Lipinski definition) is 1. The quantitative estimate of drug-likeness (QED) is 0.838. The van der Waals surface area contributed by atoms with Gasteiger partial charge in [0, 0.05) is 18.2 Å². The third kappa shape index (κ3) is 3.61. The Balaban J connectivity index is 2.12. The molecule has 0 saturated carbocycles. The molecule has 0 spiro atoms. The Bertz CT molecular complexity index is 555. The zero-order valence-corrected chi connectivity index (χ0v) is 11.7. The lowest BCUT2D eigenvalue weighted by Crippen LogP contribution is -2.52. The first-order valence-electron chi connectivity index (χ1n) is 6.55. The molecule has 6 nitrogen and oxygen atoms in total. The minimum Gasteiger partial charge on any atom is -0.496 e. The fraction of sp³-hybridized carbons (Fsp3) is 0.333. The Hall–Kier alpha value is -2.34. The molecule has 1 aromatic carbocycles. The number of nitrogens with zero attached hydrogens (tertiary/aromatic N) is 1. The number of carboxylic acids is 1. The normalized spacial score (nSPS) is 18.7. The van der Waals surface area contributed by atoms with Gasteiger partial charge >= 0.3 is 5.97 Å². The largest absolute Gasteiger partial charge is 0.496 e. The van der Waals surface area contributed by atoms with E-state index in [1.807, 2.05) is 18.2 Å². The van der Waals surface area contributed by atoms with Crippen LogP contribution in [0.2, 0.25) is 0 Å². The first-order valence-corrected chi connectivity index (χ1v) is 6.55. The average Bonchev–Trinajstić information content (AvgIpc) is 2.52. The second-order valence-electron chi connectivity index (χ2n) is 4.54. The number of para-hydroxylation sites is 1. The first-order chi connectivity index (χ1) is 10.1. The van der Waals surface area contributed by atoms with Gasteiger partial charge in [0.15, 0.2) is 6.04 Å². The smallest absolute Gasteiger partial charge is 0.328 e. The lowest BCUT2D eigenvalue weighted by atomic mass is 10.1. The first kappa shape index (κ1) is 15.1. The number of rotatable bonds is 4. The molecule has 1 aliphatic heterocycles. The van der Waals surface area contributed by atoms with Gasteiger partial charge in [-0.15, -0.1) is 0 Å². The number of hydrogen-bond acceptors (Lipinski definition) is 4. The van der Waals surface area contributed by atoms with Crippen LogP contribution in [0.5, 0.6) is 5.75 Å². The van der Waals surface area contributed by atoms with Crippen molar-refractivity contribution in [3.05, 3.63) is 35.9 Å². The fourth-order valence-electron chi connectivity index (χ4n) is 2.13. The summed E-state index contributed by atoms with van der Waals surface area (Å²) in [5, 5.41) is 9.11. The van der Waals surface area contributed by atoms with Crippen molar-refractivity contribution in [3.8, 4) is 5.75 Å². The lowest BCUT2D eigenvalue weighted by molar-refractivity contribution is -0.156. The molecule has 6 heteroatoms. The van der Waals surface area contributed by atoms with Crippen molar-refractivity contribution >= 4 is 18.0 Å². The van der Waals surface area contributed by atoms with Crippen LogP contribution >= 0.6 is 0 Å². The van der Waals surface area contributed by atoms with E-state index in [0.717, 1.165) is 5.56 Å². The number of carboxylic acid groups (broad SMARTS) is 1. The van der Waals surface area contributed by atoms with Crippen molar-refractivity contribution < 1.29 is 24.2 Å². The number of carbonyl (C=O) groups excluding carboxylic acids is 1. The molecule has 21 heavy (non-hydrogen) atoms. The Kier molecular flexibility index (Phi) is 4.94. The summed E-state index contributed by atoms with van der Waals surface area (Å²) in [4.78, 5) is 24.6. The van der Waals surface area contributed by atoms with E-state index in [9.17, 15) is 9.59 Å². The van der Waals surface area contributed by atoms with Gasteiger partial charge in [0.1, 0.15) is 5.75 Å². The van der Waals surface area contributed by atoms with E-state index >= 15 is 0 Å². The number of amides is 1. The highest BCUT2D eigenvalue weighted by Gasteiger charge is 2.31. The minimum atomic E-state index is -1.06. The molecule has 2 rings (SSSR count). The number of benzene rings is 1. The molecule has 0 aromatic heterocycles. The zero-order valence-electron chi connectivity index (χ0n) is 11.7. The molecule has 1 aromatic rings. The predicted molar refractivity (Wildman–Crippen MR) is 76.0 cm³/mol. The Labute approximate surface area is 122 Å². The lowest BCUT2D eigenvalue weighted by Gasteiger charge is -2.32. The van der Waals surface area contributed by atoms with Gasteiger partial charge in [-0.3, -0.25) is 4.79 Å². The third-order valence-electron chi connectivity index (χ3n) is 3.24. The van der Waals surface area contributed by atoms with Crippen LogP contribution in [-0.4, -0.2) is 54.8 Å². The standard InChI is InChI=1S/C15H17NO5/c1-20-13-5-3-2-4-11(13)6-7-14(17)16-8-9-21-10-12(16)15(18)19/h2-7,12H,8-10H2,1H3,(H,18,19). The minimum absolute atomic E-state index is 0.0174. The van der Waals surface area contributed by atoms with Gasteiger partial charge in [0.2, 0.25) is 5.91 Å². The summed E-state index contributed by atoms with van der Waals surface area (Å²) in [6.45, 7) is 0.633. The van der Waals surface area contributed by atoms with Crippen LogP contribution in [-0.2, 0) is 14.3 Å². The summed E-state index contributed by atoms with van der Waals surface area (Å²) < 4.78 is 10.3. The van der Waals surface area contributed by atoms with Gasteiger partial charge in [-0.1, -0.05) is 18.2 Å². The second kappa shape index (κ2) is 6.90. The topological polar surface area (TPSA) is 76.1 Å². The maximum Gasteiger partial charge on any atom is 0.328 e. The van der Waals surface area contributed by atoms with Crippen LogP contribution < -0.4 is 4.74 Å². The van der Waals surface area contributed by atoms with E-state index in [-0.39, 0.29) is 19.1 Å². The van der Waals surface area contributed by atoms with Crippen molar-refractivity contribution in [1.82, 2.24) is 4.90 Å². The van der Waals surface area contributed by atoms with Gasteiger partial charge in [0.25, 0.3) is 0 Å². The molecular weight excluding hydrogens is 274 g/mol. The van der Waals surface area contributed by atoms with Crippen LogP contribution in [0.3, 0.4) is 0 Å². The number of aliphatic carboxylic acids is 1. The van der Waals surface area contributed by atoms with Gasteiger partial charge in [-0.25, -0.2) is 4.79 Å². The van der Waals surface area contributed by atoms with Crippen molar-refractivity contribution in [2.24, 2.45) is 0 Å². The van der Waals surface area contributed by atoms with Crippen LogP contribution in [0.25, 0.3) is 6.08 Å². The Morgan fingerprint density at radius 1 is 1.43 bits per heavy atom. The van der Waals surface area contributed by atoms with E-state index in [1.165, 1.54) is 11.0 Å². The molecule has 0 aliphatic carbocycles. The van der Waals surface area contributed by atoms with Crippen molar-refractivity contribution in [1.29, 1.82) is 0 Å². The molecule has 1 heterocycles. The SMILES string of the molecule is COc1ccccc1C=CC(=O)N1CCOCC1C(=O)O. The van der Waals surface area contributed by atoms with E-state index in [2.05, 4.69) is 0 Å². The Morgan fingerprint density at radius 2 is 2.19 bits per heavy atom.